The zero-order valence-corrected chi connectivity index (χ0v) is 16.9. The van der Waals surface area contributed by atoms with Crippen LogP contribution in [0.4, 0.5) is 21.7 Å². The molecule has 1 aromatic carbocycles. The summed E-state index contributed by atoms with van der Waals surface area (Å²) in [6, 6.07) is 11.3. The number of rotatable bonds is 5. The van der Waals surface area contributed by atoms with Gasteiger partial charge < -0.3 is 20.1 Å². The Bertz CT molecular complexity index is 1240. The molecule has 1 fully saturated rings. The molecule has 0 unspecified atom stereocenters. The van der Waals surface area contributed by atoms with Crippen molar-refractivity contribution >= 4 is 23.0 Å². The van der Waals surface area contributed by atoms with Gasteiger partial charge >= 0.3 is 0 Å². The van der Waals surface area contributed by atoms with E-state index < -0.39 is 5.82 Å². The predicted molar refractivity (Wildman–Crippen MR) is 115 cm³/mol. The van der Waals surface area contributed by atoms with Gasteiger partial charge in [-0.25, -0.2) is 19.3 Å². The van der Waals surface area contributed by atoms with Crippen molar-refractivity contribution in [1.29, 1.82) is 0 Å². The highest BCUT2D eigenvalue weighted by Gasteiger charge is 2.21. The van der Waals surface area contributed by atoms with Gasteiger partial charge in [0.25, 0.3) is 0 Å². The Labute approximate surface area is 178 Å². The molecule has 5 rings (SSSR count). The minimum Gasteiger partial charge on any atom is -0.494 e. The van der Waals surface area contributed by atoms with Gasteiger partial charge in [-0.05, 0) is 30.7 Å². The van der Waals surface area contributed by atoms with Gasteiger partial charge in [0.2, 0.25) is 5.95 Å². The maximum atomic E-state index is 14.6. The summed E-state index contributed by atoms with van der Waals surface area (Å²) in [5, 5.41) is 12.9. The van der Waals surface area contributed by atoms with Crippen molar-refractivity contribution in [2.75, 3.05) is 30.4 Å². The van der Waals surface area contributed by atoms with E-state index in [9.17, 15) is 9.50 Å². The lowest BCUT2D eigenvalue weighted by molar-refractivity contribution is 0.198. The number of ether oxygens (including phenoxy) is 1. The smallest absolute Gasteiger partial charge is 0.228 e. The van der Waals surface area contributed by atoms with Gasteiger partial charge in [-0.3, -0.25) is 4.40 Å². The van der Waals surface area contributed by atoms with Crippen molar-refractivity contribution in [3.05, 3.63) is 60.8 Å². The highest BCUT2D eigenvalue weighted by molar-refractivity contribution is 5.69. The van der Waals surface area contributed by atoms with Gasteiger partial charge in [0.15, 0.2) is 5.82 Å². The molecule has 3 aromatic heterocycles. The summed E-state index contributed by atoms with van der Waals surface area (Å²) >= 11 is 0. The van der Waals surface area contributed by atoms with Crippen LogP contribution in [0.1, 0.15) is 6.42 Å². The number of methoxy groups -OCH3 is 1. The number of β-amino-alcohol motifs (C(OH)–C–C–N with tert-alkyl or cyclic N) is 1. The lowest BCUT2D eigenvalue weighted by Gasteiger charge is -2.20. The number of aliphatic hydroxyl groups is 1. The fourth-order valence-electron chi connectivity index (χ4n) is 3.79. The summed E-state index contributed by atoms with van der Waals surface area (Å²) in [5.74, 6) is 0.305. The van der Waals surface area contributed by atoms with Gasteiger partial charge in [-0.15, -0.1) is 0 Å². The Morgan fingerprint density at radius 1 is 1.19 bits per heavy atom. The van der Waals surface area contributed by atoms with Crippen molar-refractivity contribution in [2.45, 2.75) is 12.5 Å². The second kappa shape index (κ2) is 7.84. The molecule has 1 aliphatic rings. The SMILES string of the molecule is COc1cc(N2CC[C@H](O)C2)ccc1Nc1ncc(F)c(-c2cnc3ccccn23)n1. The number of imidazole rings is 1. The number of benzene rings is 1. The summed E-state index contributed by atoms with van der Waals surface area (Å²) in [4.78, 5) is 14.9. The molecule has 0 saturated carbocycles. The second-order valence-corrected chi connectivity index (χ2v) is 7.36. The van der Waals surface area contributed by atoms with Crippen LogP contribution in [0.15, 0.2) is 55.0 Å². The summed E-state index contributed by atoms with van der Waals surface area (Å²) in [5.41, 5.74) is 3.01. The topological polar surface area (TPSA) is 87.8 Å². The fourth-order valence-corrected chi connectivity index (χ4v) is 3.79. The first-order valence-electron chi connectivity index (χ1n) is 9.95. The number of hydrogen-bond acceptors (Lipinski definition) is 7. The van der Waals surface area contributed by atoms with Crippen molar-refractivity contribution in [1.82, 2.24) is 19.4 Å². The average Bonchev–Trinajstić information content (AvgIpc) is 3.42. The molecule has 0 amide bonds. The van der Waals surface area contributed by atoms with Gasteiger partial charge in [0.1, 0.15) is 17.1 Å². The van der Waals surface area contributed by atoms with Crippen molar-refractivity contribution in [2.24, 2.45) is 0 Å². The molecule has 0 spiro atoms. The molecule has 0 bridgehead atoms. The lowest BCUT2D eigenvalue weighted by Crippen LogP contribution is -2.21. The van der Waals surface area contributed by atoms with Crippen molar-refractivity contribution < 1.29 is 14.2 Å². The van der Waals surface area contributed by atoms with E-state index in [2.05, 4.69) is 25.2 Å². The van der Waals surface area contributed by atoms with Crippen LogP contribution in [0.25, 0.3) is 17.0 Å². The molecule has 1 atom stereocenters. The molecule has 0 aliphatic carbocycles. The van der Waals surface area contributed by atoms with Crippen LogP contribution in [-0.2, 0) is 0 Å². The minimum atomic E-state index is -0.536. The van der Waals surface area contributed by atoms with Crippen LogP contribution in [0.5, 0.6) is 5.75 Å². The van der Waals surface area contributed by atoms with Gasteiger partial charge in [0.05, 0.1) is 37.0 Å². The number of nitrogens with one attached hydrogen (secondary N) is 1. The van der Waals surface area contributed by atoms with Gasteiger partial charge in [-0.2, -0.15) is 0 Å². The lowest BCUT2D eigenvalue weighted by atomic mass is 10.2. The quantitative estimate of drug-likeness (QED) is 0.512. The molecule has 1 aliphatic heterocycles. The first-order chi connectivity index (χ1) is 15.1. The third kappa shape index (κ3) is 3.64. The number of halogens is 1. The van der Waals surface area contributed by atoms with Gasteiger partial charge in [0, 0.05) is 31.0 Å². The zero-order chi connectivity index (χ0) is 21.4. The monoisotopic (exact) mass is 420 g/mol. The highest BCUT2D eigenvalue weighted by atomic mass is 19.1. The van der Waals surface area contributed by atoms with Crippen molar-refractivity contribution in [3.63, 3.8) is 0 Å². The predicted octanol–water partition coefficient (Wildman–Crippen LogP) is 3.25. The normalized spacial score (nSPS) is 16.1. The molecule has 2 N–H and O–H groups in total. The van der Waals surface area contributed by atoms with Crippen LogP contribution in [0.2, 0.25) is 0 Å². The molecular weight excluding hydrogens is 399 g/mol. The number of anilines is 3. The molecular formula is C22H21FN6O2. The fraction of sp³-hybridized carbons (Fsp3) is 0.227. The Morgan fingerprint density at radius 3 is 2.90 bits per heavy atom. The molecule has 31 heavy (non-hydrogen) atoms. The summed E-state index contributed by atoms with van der Waals surface area (Å²) in [6.45, 7) is 1.39. The molecule has 8 nitrogen and oxygen atoms in total. The zero-order valence-electron chi connectivity index (χ0n) is 16.9. The minimum absolute atomic E-state index is 0.151. The molecule has 0 radical (unpaired) electrons. The average molecular weight is 420 g/mol. The van der Waals surface area contributed by atoms with E-state index in [4.69, 9.17) is 4.74 Å². The Kier molecular flexibility index (Phi) is 4.87. The summed E-state index contributed by atoms with van der Waals surface area (Å²) in [7, 11) is 1.58. The Balaban J connectivity index is 1.46. The second-order valence-electron chi connectivity index (χ2n) is 7.36. The van der Waals surface area contributed by atoms with Crippen LogP contribution in [-0.4, -0.2) is 50.8 Å². The van der Waals surface area contributed by atoms with Crippen LogP contribution in [0.3, 0.4) is 0 Å². The van der Waals surface area contributed by atoms with E-state index in [1.807, 2.05) is 42.6 Å². The summed E-state index contributed by atoms with van der Waals surface area (Å²) < 4.78 is 21.9. The molecule has 4 heterocycles. The first-order valence-corrected chi connectivity index (χ1v) is 9.95. The van der Waals surface area contributed by atoms with E-state index in [0.29, 0.717) is 29.3 Å². The standard InChI is InChI=1S/C22H21FN6O2/c1-31-19-10-14(28-9-7-15(30)13-28)5-6-17(19)26-22-25-11-16(23)21(27-22)18-12-24-20-4-2-3-8-29(18)20/h2-6,8,10-12,15,30H,7,9,13H2,1H3,(H,25,26,27)/t15-/m0/s1. The van der Waals surface area contributed by atoms with Crippen LogP contribution in [0, 0.1) is 5.82 Å². The Hall–Kier alpha value is -3.72. The molecule has 158 valence electrons. The molecule has 1 saturated heterocycles. The van der Waals surface area contributed by atoms with E-state index in [1.165, 1.54) is 0 Å². The number of pyridine rings is 1. The van der Waals surface area contributed by atoms with Crippen LogP contribution >= 0.6 is 0 Å². The first kappa shape index (κ1) is 19.3. The number of fused-ring (bicyclic) bond motifs is 1. The number of aliphatic hydroxyl groups excluding tert-OH is 1. The number of aromatic nitrogens is 4. The maximum absolute atomic E-state index is 14.6. The largest absolute Gasteiger partial charge is 0.494 e. The summed E-state index contributed by atoms with van der Waals surface area (Å²) in [6.07, 6.45) is 4.97. The van der Waals surface area contributed by atoms with Crippen LogP contribution < -0.4 is 15.0 Å². The van der Waals surface area contributed by atoms with E-state index in [0.717, 1.165) is 24.8 Å². The number of hydrogen-bond donors (Lipinski definition) is 2. The third-order valence-electron chi connectivity index (χ3n) is 5.36. The van der Waals surface area contributed by atoms with Crippen molar-refractivity contribution in [3.8, 4) is 17.1 Å². The van der Waals surface area contributed by atoms with E-state index in [1.54, 1.807) is 17.7 Å². The van der Waals surface area contributed by atoms with E-state index in [-0.39, 0.29) is 17.7 Å². The molecule has 9 heteroatoms. The third-order valence-corrected chi connectivity index (χ3v) is 5.36. The van der Waals surface area contributed by atoms with Gasteiger partial charge in [-0.1, -0.05) is 6.07 Å². The Morgan fingerprint density at radius 2 is 2.10 bits per heavy atom. The van der Waals surface area contributed by atoms with E-state index >= 15 is 0 Å². The highest BCUT2D eigenvalue weighted by Crippen LogP contribution is 2.33. The molecule has 4 aromatic rings. The number of nitrogens with zero attached hydrogens (tertiary/aromatic N) is 5. The maximum Gasteiger partial charge on any atom is 0.228 e.